The van der Waals surface area contributed by atoms with Crippen LogP contribution in [0.1, 0.15) is 43.7 Å². The number of nitrogens with zero attached hydrogens (tertiary/aromatic N) is 4. The molecule has 0 amide bonds. The summed E-state index contributed by atoms with van der Waals surface area (Å²) < 4.78 is 1.23. The number of hydrogen-bond acceptors (Lipinski definition) is 5. The summed E-state index contributed by atoms with van der Waals surface area (Å²) in [6, 6.07) is 19.5. The van der Waals surface area contributed by atoms with Gasteiger partial charge in [-0.25, -0.2) is 0 Å². The van der Waals surface area contributed by atoms with Gasteiger partial charge in [0.2, 0.25) is 5.88 Å². The molecule has 0 unspecified atom stereocenters. The van der Waals surface area contributed by atoms with Crippen LogP contribution in [0.4, 0.5) is 11.4 Å². The fourth-order valence-electron chi connectivity index (χ4n) is 3.42. The fourth-order valence-corrected chi connectivity index (χ4v) is 3.42. The third-order valence-corrected chi connectivity index (χ3v) is 5.24. The van der Waals surface area contributed by atoms with Gasteiger partial charge in [-0.2, -0.15) is 10.4 Å². The SMILES string of the molecule is CCCCCCn1c(O)c(C#N)c(C)c(N=Nc2ccc(-c3ccccc3)cc2)c1=O. The maximum atomic E-state index is 12.9. The van der Waals surface area contributed by atoms with E-state index in [0.29, 0.717) is 17.8 Å². The topological polar surface area (TPSA) is 90.7 Å². The van der Waals surface area contributed by atoms with Crippen molar-refractivity contribution >= 4 is 11.4 Å². The van der Waals surface area contributed by atoms with Gasteiger partial charge in [0.05, 0.1) is 5.69 Å². The maximum Gasteiger partial charge on any atom is 0.281 e. The average Bonchev–Trinajstić information content (AvgIpc) is 2.80. The fraction of sp³-hybridized carbons (Fsp3) is 0.280. The number of nitriles is 1. The Morgan fingerprint density at radius 2 is 1.65 bits per heavy atom. The van der Waals surface area contributed by atoms with Crippen LogP contribution in [-0.4, -0.2) is 9.67 Å². The highest BCUT2D eigenvalue weighted by Gasteiger charge is 2.18. The van der Waals surface area contributed by atoms with Gasteiger partial charge in [0.25, 0.3) is 5.56 Å². The molecule has 0 aliphatic rings. The molecule has 3 aromatic rings. The first kappa shape index (κ1) is 22.0. The molecule has 0 saturated carbocycles. The molecule has 31 heavy (non-hydrogen) atoms. The van der Waals surface area contributed by atoms with Crippen molar-refractivity contribution in [3.8, 4) is 23.1 Å². The Hall–Kier alpha value is -3.72. The van der Waals surface area contributed by atoms with E-state index in [1.807, 2.05) is 60.7 Å². The Balaban J connectivity index is 1.90. The predicted octanol–water partition coefficient (Wildman–Crippen LogP) is 6.40. The molecule has 0 atom stereocenters. The summed E-state index contributed by atoms with van der Waals surface area (Å²) in [6.07, 6.45) is 3.81. The zero-order valence-electron chi connectivity index (χ0n) is 17.9. The van der Waals surface area contributed by atoms with E-state index in [1.54, 1.807) is 6.92 Å². The molecular weight excluding hydrogens is 388 g/mol. The van der Waals surface area contributed by atoms with Crippen molar-refractivity contribution in [2.45, 2.75) is 46.1 Å². The average molecular weight is 415 g/mol. The molecule has 0 fully saturated rings. The lowest BCUT2D eigenvalue weighted by Gasteiger charge is -2.12. The molecule has 0 saturated heterocycles. The molecule has 2 aromatic carbocycles. The molecule has 6 heteroatoms. The van der Waals surface area contributed by atoms with Gasteiger partial charge in [0.15, 0.2) is 5.69 Å². The van der Waals surface area contributed by atoms with Crippen LogP contribution in [0.25, 0.3) is 11.1 Å². The number of aromatic hydroxyl groups is 1. The number of aromatic nitrogens is 1. The van der Waals surface area contributed by atoms with E-state index < -0.39 is 5.56 Å². The molecule has 1 aromatic heterocycles. The summed E-state index contributed by atoms with van der Waals surface area (Å²) >= 11 is 0. The van der Waals surface area contributed by atoms with Crippen LogP contribution in [0.3, 0.4) is 0 Å². The minimum atomic E-state index is -0.435. The van der Waals surface area contributed by atoms with Crippen molar-refractivity contribution in [1.82, 2.24) is 4.57 Å². The summed E-state index contributed by atoms with van der Waals surface area (Å²) in [7, 11) is 0. The lowest BCUT2D eigenvalue weighted by atomic mass is 10.1. The van der Waals surface area contributed by atoms with Gasteiger partial charge in [-0.05, 0) is 36.6 Å². The van der Waals surface area contributed by atoms with Crippen LogP contribution in [0.2, 0.25) is 0 Å². The maximum absolute atomic E-state index is 12.9. The van der Waals surface area contributed by atoms with Crippen molar-refractivity contribution in [2.24, 2.45) is 10.2 Å². The Kier molecular flexibility index (Phi) is 7.34. The first-order valence-corrected chi connectivity index (χ1v) is 10.5. The first-order valence-electron chi connectivity index (χ1n) is 10.5. The molecule has 6 nitrogen and oxygen atoms in total. The highest BCUT2D eigenvalue weighted by Crippen LogP contribution is 2.28. The molecule has 0 bridgehead atoms. The monoisotopic (exact) mass is 414 g/mol. The number of pyridine rings is 1. The van der Waals surface area contributed by atoms with Crippen LogP contribution in [0, 0.1) is 18.3 Å². The largest absolute Gasteiger partial charge is 0.493 e. The second-order valence-corrected chi connectivity index (χ2v) is 7.41. The van der Waals surface area contributed by atoms with Crippen LogP contribution in [0.5, 0.6) is 5.88 Å². The number of rotatable bonds is 8. The van der Waals surface area contributed by atoms with Gasteiger partial charge in [-0.3, -0.25) is 9.36 Å². The number of benzene rings is 2. The smallest absolute Gasteiger partial charge is 0.281 e. The molecule has 0 spiro atoms. The second kappa shape index (κ2) is 10.4. The standard InChI is InChI=1S/C25H26N4O2/c1-3-4-5-9-16-29-24(30)22(17-26)18(2)23(25(29)31)28-27-21-14-12-20(13-15-21)19-10-7-6-8-11-19/h6-8,10-15,30H,3-5,9,16H2,1-2H3. The zero-order chi connectivity index (χ0) is 22.2. The molecule has 158 valence electrons. The van der Waals surface area contributed by atoms with E-state index >= 15 is 0 Å². The minimum absolute atomic E-state index is 0.0588. The van der Waals surface area contributed by atoms with E-state index in [9.17, 15) is 15.2 Å². The molecular formula is C25H26N4O2. The summed E-state index contributed by atoms with van der Waals surface area (Å²) in [6.45, 7) is 4.05. The van der Waals surface area contributed by atoms with Crippen molar-refractivity contribution < 1.29 is 5.11 Å². The van der Waals surface area contributed by atoms with E-state index in [0.717, 1.165) is 36.8 Å². The number of hydrogen-bond donors (Lipinski definition) is 1. The number of unbranched alkanes of at least 4 members (excludes halogenated alkanes) is 3. The van der Waals surface area contributed by atoms with Crippen LogP contribution in [-0.2, 0) is 6.54 Å². The van der Waals surface area contributed by atoms with Crippen molar-refractivity contribution in [2.75, 3.05) is 0 Å². The number of azo groups is 1. The summed E-state index contributed by atoms with van der Waals surface area (Å²) in [5, 5.41) is 28.3. The van der Waals surface area contributed by atoms with Gasteiger partial charge >= 0.3 is 0 Å². The Bertz CT molecular complexity index is 1160. The highest BCUT2D eigenvalue weighted by atomic mass is 16.3. The van der Waals surface area contributed by atoms with E-state index in [4.69, 9.17) is 0 Å². The first-order chi connectivity index (χ1) is 15.1. The second-order valence-electron chi connectivity index (χ2n) is 7.41. The summed E-state index contributed by atoms with van der Waals surface area (Å²) in [5.41, 5.74) is 2.79. The quantitative estimate of drug-likeness (QED) is 0.342. The lowest BCUT2D eigenvalue weighted by Crippen LogP contribution is -2.22. The van der Waals surface area contributed by atoms with Gasteiger partial charge < -0.3 is 5.11 Å². The normalized spacial score (nSPS) is 11.0. The molecule has 0 aliphatic carbocycles. The Morgan fingerprint density at radius 1 is 0.968 bits per heavy atom. The minimum Gasteiger partial charge on any atom is -0.493 e. The van der Waals surface area contributed by atoms with Gasteiger partial charge in [0.1, 0.15) is 11.6 Å². The van der Waals surface area contributed by atoms with Gasteiger partial charge in [0, 0.05) is 12.1 Å². The summed E-state index contributed by atoms with van der Waals surface area (Å²) in [4.78, 5) is 12.9. The van der Waals surface area contributed by atoms with E-state index in [1.165, 1.54) is 4.57 Å². The van der Waals surface area contributed by atoms with E-state index in [-0.39, 0.29) is 17.1 Å². The van der Waals surface area contributed by atoms with Crippen LogP contribution in [0.15, 0.2) is 69.6 Å². The predicted molar refractivity (Wildman–Crippen MR) is 122 cm³/mol. The summed E-state index contributed by atoms with van der Waals surface area (Å²) in [5.74, 6) is -0.298. The highest BCUT2D eigenvalue weighted by molar-refractivity contribution is 5.65. The molecule has 1 N–H and O–H groups in total. The van der Waals surface area contributed by atoms with Gasteiger partial charge in [-0.1, -0.05) is 68.7 Å². The third-order valence-electron chi connectivity index (χ3n) is 5.24. The van der Waals surface area contributed by atoms with Crippen LogP contribution < -0.4 is 5.56 Å². The van der Waals surface area contributed by atoms with Crippen molar-refractivity contribution in [3.05, 3.63) is 76.1 Å². The zero-order valence-corrected chi connectivity index (χ0v) is 17.9. The van der Waals surface area contributed by atoms with Crippen molar-refractivity contribution in [1.29, 1.82) is 5.26 Å². The van der Waals surface area contributed by atoms with Crippen molar-refractivity contribution in [3.63, 3.8) is 0 Å². The Morgan fingerprint density at radius 3 is 2.29 bits per heavy atom. The van der Waals surface area contributed by atoms with Crippen LogP contribution >= 0.6 is 0 Å². The molecule has 3 rings (SSSR count). The lowest BCUT2D eigenvalue weighted by molar-refractivity contribution is 0.397. The molecule has 0 aliphatic heterocycles. The Labute approximate surface area is 182 Å². The van der Waals surface area contributed by atoms with E-state index in [2.05, 4.69) is 17.2 Å². The molecule has 0 radical (unpaired) electrons. The van der Waals surface area contributed by atoms with Gasteiger partial charge in [-0.15, -0.1) is 5.11 Å². The third kappa shape index (κ3) is 5.07. The molecule has 1 heterocycles.